The number of thiazole rings is 1. The molecule has 0 spiro atoms. The Morgan fingerprint density at radius 3 is 2.24 bits per heavy atom. The first-order valence-electron chi connectivity index (χ1n) is 11.6. The molecule has 0 unspecified atom stereocenters. The molecule has 1 atom stereocenters. The number of rotatable bonds is 10. The van der Waals surface area contributed by atoms with E-state index in [1.807, 2.05) is 66.7 Å². The van der Waals surface area contributed by atoms with Crippen LogP contribution in [-0.4, -0.2) is 23.6 Å². The molecule has 0 saturated heterocycles. The van der Waals surface area contributed by atoms with Gasteiger partial charge in [-0.1, -0.05) is 78.9 Å². The highest BCUT2D eigenvalue weighted by molar-refractivity contribution is 7.07. The van der Waals surface area contributed by atoms with Gasteiger partial charge in [-0.2, -0.15) is 0 Å². The van der Waals surface area contributed by atoms with E-state index in [-0.39, 0.29) is 5.91 Å². The third kappa shape index (κ3) is 6.10. The number of nitrogens with two attached hydrogens (primary N) is 1. The van der Waals surface area contributed by atoms with Crippen molar-refractivity contribution in [3.63, 3.8) is 0 Å². The van der Waals surface area contributed by atoms with Crippen LogP contribution in [0.5, 0.6) is 0 Å². The topological polar surface area (TPSA) is 72.4 Å². The molecule has 1 heterocycles. The summed E-state index contributed by atoms with van der Waals surface area (Å²) in [5.74, 6) is -0.00836. The highest BCUT2D eigenvalue weighted by Crippen LogP contribution is 2.26. The van der Waals surface area contributed by atoms with Crippen molar-refractivity contribution >= 4 is 22.9 Å². The van der Waals surface area contributed by atoms with Crippen LogP contribution in [0.25, 0.3) is 11.3 Å². The maximum atomic E-state index is 13.6. The molecule has 3 aromatic carbocycles. The van der Waals surface area contributed by atoms with Crippen LogP contribution in [0.4, 0.5) is 5.69 Å². The zero-order valence-corrected chi connectivity index (χ0v) is 20.0. The predicted molar refractivity (Wildman–Crippen MR) is 140 cm³/mol. The minimum absolute atomic E-state index is 0.00836. The summed E-state index contributed by atoms with van der Waals surface area (Å²) in [6.07, 6.45) is 2.32. The Morgan fingerprint density at radius 2 is 1.56 bits per heavy atom. The van der Waals surface area contributed by atoms with Crippen LogP contribution in [0.15, 0.2) is 101 Å². The minimum Gasteiger partial charge on any atom is -0.354 e. The van der Waals surface area contributed by atoms with Gasteiger partial charge >= 0.3 is 0 Å². The first-order chi connectivity index (χ1) is 16.8. The van der Waals surface area contributed by atoms with Crippen LogP contribution < -0.4 is 15.9 Å². The maximum Gasteiger partial charge on any atom is 0.243 e. The second kappa shape index (κ2) is 12.1. The lowest BCUT2D eigenvalue weighted by atomic mass is 10.0. The van der Waals surface area contributed by atoms with Crippen LogP contribution in [0.1, 0.15) is 24.4 Å². The molecular formula is C28H30N4OS. The highest BCUT2D eigenvalue weighted by atomic mass is 32.1. The van der Waals surface area contributed by atoms with E-state index in [9.17, 15) is 4.79 Å². The zero-order valence-electron chi connectivity index (χ0n) is 19.1. The van der Waals surface area contributed by atoms with Crippen molar-refractivity contribution in [2.75, 3.05) is 13.1 Å². The van der Waals surface area contributed by atoms with Gasteiger partial charge in [0.1, 0.15) is 6.04 Å². The van der Waals surface area contributed by atoms with Gasteiger partial charge in [0, 0.05) is 18.3 Å². The van der Waals surface area contributed by atoms with E-state index in [0.717, 1.165) is 40.2 Å². The molecule has 1 amide bonds. The number of para-hydroxylation sites is 1. The molecule has 0 aliphatic rings. The third-order valence-electron chi connectivity index (χ3n) is 5.61. The normalized spacial score (nSPS) is 12.4. The van der Waals surface area contributed by atoms with Gasteiger partial charge < -0.3 is 15.6 Å². The monoisotopic (exact) mass is 470 g/mol. The van der Waals surface area contributed by atoms with Crippen molar-refractivity contribution in [2.45, 2.75) is 25.3 Å². The number of carbonyl (C=O) groups excluding carboxylic acids is 1. The summed E-state index contributed by atoms with van der Waals surface area (Å²) < 4.78 is 2.10. The van der Waals surface area contributed by atoms with E-state index in [1.54, 1.807) is 11.3 Å². The summed E-state index contributed by atoms with van der Waals surface area (Å²) in [7, 11) is 0. The van der Waals surface area contributed by atoms with Crippen molar-refractivity contribution in [3.8, 4) is 11.3 Å². The lowest BCUT2D eigenvalue weighted by Crippen LogP contribution is -2.38. The van der Waals surface area contributed by atoms with E-state index >= 15 is 0 Å². The number of amides is 1. The van der Waals surface area contributed by atoms with Gasteiger partial charge in [-0.05, 0) is 42.6 Å². The highest BCUT2D eigenvalue weighted by Gasteiger charge is 2.25. The third-order valence-corrected chi connectivity index (χ3v) is 6.45. The van der Waals surface area contributed by atoms with Crippen LogP contribution in [0.2, 0.25) is 0 Å². The molecule has 174 valence electrons. The van der Waals surface area contributed by atoms with Crippen molar-refractivity contribution in [3.05, 3.63) is 107 Å². The van der Waals surface area contributed by atoms with E-state index in [4.69, 9.17) is 10.7 Å². The molecule has 1 aromatic heterocycles. The average molecular weight is 471 g/mol. The summed E-state index contributed by atoms with van der Waals surface area (Å²) in [5.41, 5.74) is 9.64. The SMILES string of the molecule is NCCCCNC(=O)[C@@H](Cc1ccccc1)n1c(-c2ccccc2)csc1=Nc1ccccc1. The number of unbranched alkanes of at least 4 members (excludes halogenated alkanes) is 1. The number of aromatic nitrogens is 1. The maximum absolute atomic E-state index is 13.6. The van der Waals surface area contributed by atoms with Crippen LogP contribution in [0, 0.1) is 0 Å². The van der Waals surface area contributed by atoms with Crippen molar-refractivity contribution in [1.82, 2.24) is 9.88 Å². The number of carbonyl (C=O) groups is 1. The number of benzene rings is 3. The fourth-order valence-corrected chi connectivity index (χ4v) is 4.84. The minimum atomic E-state index is -0.441. The van der Waals surface area contributed by atoms with Crippen molar-refractivity contribution in [2.24, 2.45) is 10.7 Å². The second-order valence-corrected chi connectivity index (χ2v) is 8.92. The van der Waals surface area contributed by atoms with Gasteiger partial charge in [0.15, 0.2) is 4.80 Å². The molecule has 4 rings (SSSR count). The molecule has 6 heteroatoms. The van der Waals surface area contributed by atoms with Crippen LogP contribution in [0.3, 0.4) is 0 Å². The molecule has 0 aliphatic heterocycles. The van der Waals surface area contributed by atoms with Gasteiger partial charge in [-0.15, -0.1) is 11.3 Å². The van der Waals surface area contributed by atoms with E-state index in [2.05, 4.69) is 39.5 Å². The molecule has 0 radical (unpaired) electrons. The lowest BCUT2D eigenvalue weighted by molar-refractivity contribution is -0.124. The van der Waals surface area contributed by atoms with Gasteiger partial charge in [-0.3, -0.25) is 4.79 Å². The molecule has 4 aromatic rings. The average Bonchev–Trinajstić information content (AvgIpc) is 3.30. The molecular weight excluding hydrogens is 440 g/mol. The first kappa shape index (κ1) is 23.7. The fourth-order valence-electron chi connectivity index (χ4n) is 3.87. The lowest BCUT2D eigenvalue weighted by Gasteiger charge is -2.21. The summed E-state index contributed by atoms with van der Waals surface area (Å²) >= 11 is 1.55. The Kier molecular flexibility index (Phi) is 8.43. The summed E-state index contributed by atoms with van der Waals surface area (Å²) in [5, 5.41) is 5.24. The molecule has 34 heavy (non-hydrogen) atoms. The molecule has 3 N–H and O–H groups in total. The quantitative estimate of drug-likeness (QED) is 0.317. The Bertz CT molecular complexity index is 1230. The van der Waals surface area contributed by atoms with Crippen molar-refractivity contribution < 1.29 is 4.79 Å². The summed E-state index contributed by atoms with van der Waals surface area (Å²) in [6.45, 7) is 1.23. The van der Waals surface area contributed by atoms with Gasteiger partial charge in [0.2, 0.25) is 5.91 Å². The van der Waals surface area contributed by atoms with Crippen molar-refractivity contribution in [1.29, 1.82) is 0 Å². The molecule has 0 bridgehead atoms. The van der Waals surface area contributed by atoms with Crippen LogP contribution >= 0.6 is 11.3 Å². The number of hydrogen-bond acceptors (Lipinski definition) is 4. The Labute approximate surface area is 204 Å². The van der Waals surface area contributed by atoms with Gasteiger partial charge in [0.05, 0.1) is 11.4 Å². The molecule has 0 fully saturated rings. The van der Waals surface area contributed by atoms with Crippen LogP contribution in [-0.2, 0) is 11.2 Å². The summed E-state index contributed by atoms with van der Waals surface area (Å²) in [4.78, 5) is 19.3. The number of nitrogens with zero attached hydrogens (tertiary/aromatic N) is 2. The Morgan fingerprint density at radius 1 is 0.912 bits per heavy atom. The second-order valence-electron chi connectivity index (χ2n) is 8.08. The zero-order chi connectivity index (χ0) is 23.6. The standard InChI is InChI=1S/C28H30N4OS/c29-18-10-11-19-30-27(33)25(20-22-12-4-1-5-13-22)32-26(23-14-6-2-7-15-23)21-34-28(32)31-24-16-8-3-9-17-24/h1-9,12-17,21,25H,10-11,18-20,29H2,(H,30,33)/t25-/m1/s1. The van der Waals surface area contributed by atoms with E-state index in [0.29, 0.717) is 19.5 Å². The molecule has 0 aliphatic carbocycles. The van der Waals surface area contributed by atoms with E-state index < -0.39 is 6.04 Å². The number of nitrogens with one attached hydrogen (secondary N) is 1. The van der Waals surface area contributed by atoms with Gasteiger partial charge in [0.25, 0.3) is 0 Å². The first-order valence-corrected chi connectivity index (χ1v) is 12.5. The Hall–Kier alpha value is -3.48. The van der Waals surface area contributed by atoms with E-state index in [1.165, 1.54) is 0 Å². The molecule has 0 saturated carbocycles. The Balaban J connectivity index is 1.81. The summed E-state index contributed by atoms with van der Waals surface area (Å²) in [6, 6.07) is 29.8. The fraction of sp³-hybridized carbons (Fsp3) is 0.214. The molecule has 5 nitrogen and oxygen atoms in total. The van der Waals surface area contributed by atoms with Gasteiger partial charge in [-0.25, -0.2) is 4.99 Å². The smallest absolute Gasteiger partial charge is 0.243 e. The predicted octanol–water partition coefficient (Wildman–Crippen LogP) is 5.09. The number of hydrogen-bond donors (Lipinski definition) is 2. The largest absolute Gasteiger partial charge is 0.354 e.